The van der Waals surface area contributed by atoms with E-state index in [9.17, 15) is 29.1 Å². The number of aliphatic hydroxyl groups excluding tert-OH is 1. The second-order valence-electron chi connectivity index (χ2n) is 13.2. The van der Waals surface area contributed by atoms with E-state index in [1.165, 1.54) is 16.7 Å². The largest absolute Gasteiger partial charge is 0.381 e. The Hall–Kier alpha value is -4.20. The molecular weight excluding hydrogens is 646 g/mol. The lowest BCUT2D eigenvalue weighted by Gasteiger charge is -2.34. The van der Waals surface area contributed by atoms with Crippen LogP contribution in [0.3, 0.4) is 0 Å². The molecular formula is C36H47N5O7S. The van der Waals surface area contributed by atoms with Crippen molar-refractivity contribution in [1.82, 2.24) is 26.2 Å². The van der Waals surface area contributed by atoms with Crippen LogP contribution in [0.1, 0.15) is 43.9 Å². The summed E-state index contributed by atoms with van der Waals surface area (Å²) in [5, 5.41) is 22.4. The number of amides is 5. The van der Waals surface area contributed by atoms with Crippen LogP contribution < -0.4 is 21.3 Å². The van der Waals surface area contributed by atoms with Gasteiger partial charge in [-0.1, -0.05) is 66.7 Å². The highest BCUT2D eigenvalue weighted by Crippen LogP contribution is 2.40. The number of ether oxygens (including phenoxy) is 1. The number of benzene rings is 2. The third kappa shape index (κ3) is 9.93. The van der Waals surface area contributed by atoms with Gasteiger partial charge in [-0.2, -0.15) is 0 Å². The maximum atomic E-state index is 14.0. The summed E-state index contributed by atoms with van der Waals surface area (Å²) in [6.45, 7) is 12.1. The summed E-state index contributed by atoms with van der Waals surface area (Å²) >= 11 is 1.41. The number of nitrogens with one attached hydrogen (secondary N) is 4. The molecule has 0 unspecified atom stereocenters. The smallest absolute Gasteiger partial charge is 0.309 e. The molecule has 2 saturated heterocycles. The highest BCUT2D eigenvalue weighted by Gasteiger charge is 2.50. The van der Waals surface area contributed by atoms with Crippen LogP contribution in [0.4, 0.5) is 0 Å². The van der Waals surface area contributed by atoms with E-state index in [4.69, 9.17) is 4.74 Å². The number of aliphatic hydroxyl groups is 1. The summed E-state index contributed by atoms with van der Waals surface area (Å²) in [5.74, 6) is -3.93. The third-order valence-corrected chi connectivity index (χ3v) is 10.2. The quantitative estimate of drug-likeness (QED) is 0.156. The van der Waals surface area contributed by atoms with Crippen LogP contribution in [0.25, 0.3) is 0 Å². The number of hydrogen-bond acceptors (Lipinski definition) is 8. The molecule has 2 aliphatic heterocycles. The molecule has 2 fully saturated rings. The lowest BCUT2D eigenvalue weighted by molar-refractivity contribution is -0.148. The van der Waals surface area contributed by atoms with Crippen LogP contribution in [-0.2, 0) is 41.7 Å². The summed E-state index contributed by atoms with van der Waals surface area (Å²) in [6.07, 6.45) is -1.20. The van der Waals surface area contributed by atoms with E-state index in [-0.39, 0.29) is 37.9 Å². The summed E-state index contributed by atoms with van der Waals surface area (Å²) in [7, 11) is 0. The van der Waals surface area contributed by atoms with E-state index >= 15 is 0 Å². The first-order chi connectivity index (χ1) is 23.3. The normalized spacial score (nSPS) is 20.1. The predicted octanol–water partition coefficient (Wildman–Crippen LogP) is 1.59. The van der Waals surface area contributed by atoms with Crippen molar-refractivity contribution in [2.24, 2.45) is 5.92 Å². The Morgan fingerprint density at radius 1 is 1.02 bits per heavy atom. The van der Waals surface area contributed by atoms with Gasteiger partial charge in [-0.15, -0.1) is 11.8 Å². The van der Waals surface area contributed by atoms with E-state index < -0.39 is 58.5 Å². The first-order valence-electron chi connectivity index (χ1n) is 16.4. The Kier molecular flexibility index (Phi) is 13.0. The summed E-state index contributed by atoms with van der Waals surface area (Å²) < 4.78 is 4.85. The van der Waals surface area contributed by atoms with E-state index in [0.29, 0.717) is 13.0 Å². The van der Waals surface area contributed by atoms with Gasteiger partial charge in [-0.3, -0.25) is 24.0 Å². The van der Waals surface area contributed by atoms with Crippen LogP contribution in [-0.4, -0.2) is 94.2 Å². The van der Waals surface area contributed by atoms with Gasteiger partial charge in [0.2, 0.25) is 11.8 Å². The molecule has 4 rings (SSSR count). The van der Waals surface area contributed by atoms with Crippen LogP contribution in [0.5, 0.6) is 0 Å². The van der Waals surface area contributed by atoms with Crippen LogP contribution in [0, 0.1) is 12.8 Å². The van der Waals surface area contributed by atoms with Crippen molar-refractivity contribution < 1.29 is 33.8 Å². The topological polar surface area (TPSA) is 166 Å². The first kappa shape index (κ1) is 37.6. The zero-order valence-electron chi connectivity index (χ0n) is 28.5. The van der Waals surface area contributed by atoms with Crippen molar-refractivity contribution in [3.05, 3.63) is 83.4 Å². The summed E-state index contributed by atoms with van der Waals surface area (Å²) in [4.78, 5) is 68.4. The second-order valence-corrected chi connectivity index (χ2v) is 14.8. The molecule has 0 aliphatic carbocycles. The van der Waals surface area contributed by atoms with E-state index in [2.05, 4.69) is 27.8 Å². The van der Waals surface area contributed by atoms with Crippen molar-refractivity contribution in [2.75, 3.05) is 25.6 Å². The third-order valence-electron chi connectivity index (χ3n) is 8.81. The zero-order valence-corrected chi connectivity index (χ0v) is 29.3. The number of aryl methyl sites for hydroxylation is 1. The van der Waals surface area contributed by atoms with Gasteiger partial charge in [0.15, 0.2) is 6.10 Å². The number of thioether (sulfide) groups is 1. The van der Waals surface area contributed by atoms with Crippen molar-refractivity contribution in [2.45, 2.75) is 76.1 Å². The maximum Gasteiger partial charge on any atom is 0.309 e. The fourth-order valence-corrected chi connectivity index (χ4v) is 7.10. The lowest BCUT2D eigenvalue weighted by Crippen LogP contribution is -2.61. The van der Waals surface area contributed by atoms with Crippen molar-refractivity contribution in [3.8, 4) is 0 Å². The minimum Gasteiger partial charge on any atom is -0.381 e. The predicted molar refractivity (Wildman–Crippen MR) is 187 cm³/mol. The molecule has 5 amide bonds. The monoisotopic (exact) mass is 693 g/mol. The number of carbonyl (C=O) groups is 5. The Morgan fingerprint density at radius 2 is 1.71 bits per heavy atom. The molecule has 12 nitrogen and oxygen atoms in total. The molecule has 49 heavy (non-hydrogen) atoms. The van der Waals surface area contributed by atoms with Crippen LogP contribution in [0.15, 0.2) is 66.7 Å². The standard InChI is InChI=1S/C36H47N5O7S/c1-22(2)18-37-32(44)30-36(4,5)49-21-41(30)35(47)29(42)27(17-24-12-7-6-8-13-24)39-31(43)28(26-15-16-48-20-26)40-34(46)33(45)38-19-25-14-10-9-11-23(25)3/h6-14,26-30,42H,1,15-21H2,2-5H3,(H,37,44)(H,38,45)(H,39,43)(H,40,46)/t26-,27-,28-,29-,30+/m0/s1. The maximum absolute atomic E-state index is 14.0. The van der Waals surface area contributed by atoms with Crippen molar-refractivity contribution >= 4 is 41.3 Å². The molecule has 0 saturated carbocycles. The molecule has 2 aromatic carbocycles. The van der Waals surface area contributed by atoms with Gasteiger partial charge in [0.05, 0.1) is 18.5 Å². The fraction of sp³-hybridized carbons (Fsp3) is 0.472. The van der Waals surface area contributed by atoms with Gasteiger partial charge in [0.1, 0.15) is 12.1 Å². The Morgan fingerprint density at radius 3 is 2.37 bits per heavy atom. The molecule has 0 spiro atoms. The highest BCUT2D eigenvalue weighted by atomic mass is 32.2. The molecule has 2 aromatic rings. The molecule has 13 heteroatoms. The van der Waals surface area contributed by atoms with Gasteiger partial charge in [-0.05, 0) is 57.2 Å². The number of nitrogens with zero attached hydrogens (tertiary/aromatic N) is 1. The number of carbonyl (C=O) groups excluding carboxylic acids is 5. The molecule has 0 aromatic heterocycles. The van der Waals surface area contributed by atoms with Gasteiger partial charge < -0.3 is 36.0 Å². The number of hydrogen-bond donors (Lipinski definition) is 5. The molecule has 0 bridgehead atoms. The van der Waals surface area contributed by atoms with Gasteiger partial charge in [-0.25, -0.2) is 0 Å². The van der Waals surface area contributed by atoms with Gasteiger partial charge >= 0.3 is 11.8 Å². The minimum absolute atomic E-state index is 0.0785. The first-order valence-corrected chi connectivity index (χ1v) is 17.4. The fourth-order valence-electron chi connectivity index (χ4n) is 5.96. The van der Waals surface area contributed by atoms with E-state index in [0.717, 1.165) is 22.3 Å². The molecule has 264 valence electrons. The molecule has 5 N–H and O–H groups in total. The minimum atomic E-state index is -1.73. The summed E-state index contributed by atoms with van der Waals surface area (Å²) in [5.41, 5.74) is 3.29. The molecule has 2 heterocycles. The lowest BCUT2D eigenvalue weighted by atomic mass is 9.95. The Labute approximate surface area is 291 Å². The zero-order chi connectivity index (χ0) is 35.7. The average molecular weight is 694 g/mol. The van der Waals surface area contributed by atoms with E-state index in [1.54, 1.807) is 19.1 Å². The van der Waals surface area contributed by atoms with Crippen LogP contribution >= 0.6 is 11.8 Å². The Bertz CT molecular complexity index is 1530. The van der Waals surface area contributed by atoms with E-state index in [1.807, 2.05) is 63.2 Å². The van der Waals surface area contributed by atoms with Gasteiger partial charge in [0.25, 0.3) is 5.91 Å². The number of rotatable bonds is 13. The van der Waals surface area contributed by atoms with Gasteiger partial charge in [0, 0.05) is 30.4 Å². The van der Waals surface area contributed by atoms with Crippen molar-refractivity contribution in [3.63, 3.8) is 0 Å². The summed E-state index contributed by atoms with van der Waals surface area (Å²) in [6, 6.07) is 13.3. The average Bonchev–Trinajstić information content (AvgIpc) is 3.72. The SMILES string of the molecule is C=C(C)CNC(=O)[C@H]1N(C(=O)[C@@H](O)[C@H](Cc2ccccc2)NC(=O)[C@@H](NC(=O)C(=O)NCc2ccccc2C)[C@H]2CCOC2)CSC1(C)C. The highest BCUT2D eigenvalue weighted by molar-refractivity contribution is 8.00. The second kappa shape index (κ2) is 17.0. The molecule has 2 aliphatic rings. The molecule has 5 atom stereocenters. The Balaban J connectivity index is 1.53. The molecule has 0 radical (unpaired) electrons. The van der Waals surface area contributed by atoms with Crippen LogP contribution in [0.2, 0.25) is 0 Å². The van der Waals surface area contributed by atoms with Crippen molar-refractivity contribution in [1.29, 1.82) is 0 Å².